The van der Waals surface area contributed by atoms with Crippen molar-refractivity contribution in [1.82, 2.24) is 0 Å². The number of rotatable bonds is 12. The first-order valence-electron chi connectivity index (χ1n) is 7.20. The Hall–Kier alpha value is -0.250. The van der Waals surface area contributed by atoms with E-state index in [2.05, 4.69) is 6.92 Å². The molecule has 0 aromatic rings. The summed E-state index contributed by atoms with van der Waals surface area (Å²) in [5.41, 5.74) is 0. The zero-order valence-corrected chi connectivity index (χ0v) is 11.5. The summed E-state index contributed by atoms with van der Waals surface area (Å²) in [7, 11) is 0. The van der Waals surface area contributed by atoms with Crippen LogP contribution in [0.15, 0.2) is 0 Å². The third kappa shape index (κ3) is 15.8. The van der Waals surface area contributed by atoms with Gasteiger partial charge in [0.1, 0.15) is 0 Å². The van der Waals surface area contributed by atoms with E-state index in [1.165, 1.54) is 38.5 Å². The van der Waals surface area contributed by atoms with Crippen LogP contribution in [-0.4, -0.2) is 19.4 Å². The van der Waals surface area contributed by atoms with Crippen molar-refractivity contribution in [3.63, 3.8) is 0 Å². The van der Waals surface area contributed by atoms with Crippen molar-refractivity contribution in [1.29, 1.82) is 0 Å². The van der Waals surface area contributed by atoms with Crippen molar-refractivity contribution in [3.05, 3.63) is 0 Å². The van der Waals surface area contributed by atoms with Gasteiger partial charge in [-0.15, -0.1) is 0 Å². The number of halogens is 3. The van der Waals surface area contributed by atoms with Crippen LogP contribution in [0.2, 0.25) is 0 Å². The first-order chi connectivity index (χ1) is 8.56. The van der Waals surface area contributed by atoms with Gasteiger partial charge in [0.2, 0.25) is 0 Å². The van der Waals surface area contributed by atoms with E-state index >= 15 is 0 Å². The molecule has 0 atom stereocenters. The molecular weight excluding hydrogens is 241 g/mol. The molecule has 110 valence electrons. The standard InChI is InChI=1S/C14H27F3O/c1-2-3-4-5-6-7-8-9-12-18-13-10-11-14(15,16)17/h2-13H2,1H3. The second kappa shape index (κ2) is 11.8. The van der Waals surface area contributed by atoms with Gasteiger partial charge in [-0.25, -0.2) is 0 Å². The van der Waals surface area contributed by atoms with Crippen LogP contribution >= 0.6 is 0 Å². The van der Waals surface area contributed by atoms with Crippen molar-refractivity contribution >= 4 is 0 Å². The van der Waals surface area contributed by atoms with Crippen LogP contribution < -0.4 is 0 Å². The molecule has 0 unspecified atom stereocenters. The fraction of sp³-hybridized carbons (Fsp3) is 1.00. The minimum Gasteiger partial charge on any atom is -0.381 e. The van der Waals surface area contributed by atoms with Gasteiger partial charge in [0, 0.05) is 19.6 Å². The molecule has 0 heterocycles. The Labute approximate surface area is 109 Å². The number of alkyl halides is 3. The maximum atomic E-state index is 11.8. The Bertz CT molecular complexity index is 169. The summed E-state index contributed by atoms with van der Waals surface area (Å²) >= 11 is 0. The molecule has 0 saturated heterocycles. The summed E-state index contributed by atoms with van der Waals surface area (Å²) in [6.45, 7) is 3.04. The SMILES string of the molecule is CCCCCCCCCCOCCCC(F)(F)F. The first-order valence-corrected chi connectivity index (χ1v) is 7.20. The van der Waals surface area contributed by atoms with Crippen LogP contribution in [0.5, 0.6) is 0 Å². The number of hydrogen-bond donors (Lipinski definition) is 0. The molecule has 0 N–H and O–H groups in total. The summed E-state index contributed by atoms with van der Waals surface area (Å²) in [4.78, 5) is 0. The van der Waals surface area contributed by atoms with Crippen LogP contribution in [0.25, 0.3) is 0 Å². The highest BCUT2D eigenvalue weighted by molar-refractivity contribution is 4.50. The van der Waals surface area contributed by atoms with Gasteiger partial charge >= 0.3 is 6.18 Å². The first kappa shape index (κ1) is 17.8. The Kier molecular flexibility index (Phi) is 11.7. The monoisotopic (exact) mass is 268 g/mol. The van der Waals surface area contributed by atoms with Crippen molar-refractivity contribution in [2.45, 2.75) is 77.3 Å². The summed E-state index contributed by atoms with van der Waals surface area (Å²) in [5.74, 6) is 0. The number of ether oxygens (including phenoxy) is 1. The molecule has 0 spiro atoms. The van der Waals surface area contributed by atoms with Crippen molar-refractivity contribution in [2.24, 2.45) is 0 Å². The lowest BCUT2D eigenvalue weighted by Gasteiger charge is -2.06. The highest BCUT2D eigenvalue weighted by atomic mass is 19.4. The average molecular weight is 268 g/mol. The maximum absolute atomic E-state index is 11.8. The van der Waals surface area contributed by atoms with E-state index in [1.54, 1.807) is 0 Å². The lowest BCUT2D eigenvalue weighted by atomic mass is 10.1. The number of unbranched alkanes of at least 4 members (excludes halogenated alkanes) is 7. The van der Waals surface area contributed by atoms with Crippen LogP contribution in [0.1, 0.15) is 71.1 Å². The van der Waals surface area contributed by atoms with Crippen molar-refractivity contribution < 1.29 is 17.9 Å². The lowest BCUT2D eigenvalue weighted by molar-refractivity contribution is -0.137. The van der Waals surface area contributed by atoms with E-state index in [1.807, 2.05) is 0 Å². The van der Waals surface area contributed by atoms with E-state index in [-0.39, 0.29) is 13.0 Å². The lowest BCUT2D eigenvalue weighted by Crippen LogP contribution is -2.09. The fourth-order valence-electron chi connectivity index (χ4n) is 1.81. The summed E-state index contributed by atoms with van der Waals surface area (Å²) in [6, 6.07) is 0. The Balaban J connectivity index is 2.99. The minimum absolute atomic E-state index is 0.0838. The van der Waals surface area contributed by atoms with Gasteiger partial charge in [-0.2, -0.15) is 13.2 Å². The molecule has 0 bridgehead atoms. The van der Waals surface area contributed by atoms with Crippen LogP contribution in [0, 0.1) is 0 Å². The Morgan fingerprint density at radius 2 is 1.22 bits per heavy atom. The molecule has 0 aliphatic rings. The van der Waals surface area contributed by atoms with Gasteiger partial charge in [0.25, 0.3) is 0 Å². The topological polar surface area (TPSA) is 9.23 Å². The van der Waals surface area contributed by atoms with Crippen LogP contribution in [-0.2, 0) is 4.74 Å². The quantitative estimate of drug-likeness (QED) is 0.425. The minimum atomic E-state index is -4.04. The van der Waals surface area contributed by atoms with Gasteiger partial charge in [-0.3, -0.25) is 0 Å². The fourth-order valence-corrected chi connectivity index (χ4v) is 1.81. The predicted molar refractivity (Wildman–Crippen MR) is 68.7 cm³/mol. The molecule has 0 radical (unpaired) electrons. The third-order valence-electron chi connectivity index (χ3n) is 2.89. The predicted octanol–water partition coefficient (Wildman–Crippen LogP) is 5.49. The molecule has 1 nitrogen and oxygen atoms in total. The molecule has 4 heteroatoms. The largest absolute Gasteiger partial charge is 0.389 e. The maximum Gasteiger partial charge on any atom is 0.389 e. The van der Waals surface area contributed by atoms with E-state index in [4.69, 9.17) is 4.74 Å². The van der Waals surface area contributed by atoms with Gasteiger partial charge in [-0.1, -0.05) is 51.9 Å². The van der Waals surface area contributed by atoms with E-state index < -0.39 is 12.6 Å². The molecule has 0 aromatic heterocycles. The molecule has 0 aliphatic carbocycles. The molecule has 0 amide bonds. The summed E-state index contributed by atoms with van der Waals surface area (Å²) in [5, 5.41) is 0. The van der Waals surface area contributed by atoms with Gasteiger partial charge in [0.15, 0.2) is 0 Å². The van der Waals surface area contributed by atoms with E-state index in [0.717, 1.165) is 12.8 Å². The molecule has 0 fully saturated rings. The third-order valence-corrected chi connectivity index (χ3v) is 2.89. The summed E-state index contributed by atoms with van der Waals surface area (Å²) in [6.07, 6.45) is 5.13. The zero-order valence-electron chi connectivity index (χ0n) is 11.5. The van der Waals surface area contributed by atoms with Crippen LogP contribution in [0.3, 0.4) is 0 Å². The number of hydrogen-bond acceptors (Lipinski definition) is 1. The Morgan fingerprint density at radius 3 is 1.78 bits per heavy atom. The van der Waals surface area contributed by atoms with E-state index in [9.17, 15) is 13.2 Å². The molecule has 0 rings (SSSR count). The molecular formula is C14H27F3O. The highest BCUT2D eigenvalue weighted by Gasteiger charge is 2.25. The normalized spacial score (nSPS) is 12.0. The highest BCUT2D eigenvalue weighted by Crippen LogP contribution is 2.21. The van der Waals surface area contributed by atoms with Gasteiger partial charge in [0.05, 0.1) is 0 Å². The molecule has 0 aromatic carbocycles. The average Bonchev–Trinajstić information content (AvgIpc) is 2.29. The Morgan fingerprint density at radius 1 is 0.722 bits per heavy atom. The molecule has 0 saturated carbocycles. The van der Waals surface area contributed by atoms with E-state index in [0.29, 0.717) is 6.61 Å². The summed E-state index contributed by atoms with van der Waals surface area (Å²) < 4.78 is 40.6. The van der Waals surface area contributed by atoms with Gasteiger partial charge in [-0.05, 0) is 12.8 Å². The smallest absolute Gasteiger partial charge is 0.381 e. The zero-order chi connectivity index (χ0) is 13.7. The van der Waals surface area contributed by atoms with Gasteiger partial charge < -0.3 is 4.74 Å². The second-order valence-electron chi connectivity index (χ2n) is 4.81. The second-order valence-corrected chi connectivity index (χ2v) is 4.81. The van der Waals surface area contributed by atoms with Crippen LogP contribution in [0.4, 0.5) is 13.2 Å². The van der Waals surface area contributed by atoms with Crippen molar-refractivity contribution in [2.75, 3.05) is 13.2 Å². The molecule has 18 heavy (non-hydrogen) atoms. The molecule has 0 aliphatic heterocycles. The van der Waals surface area contributed by atoms with Crippen molar-refractivity contribution in [3.8, 4) is 0 Å².